The Balaban J connectivity index is 1.98. The van der Waals surface area contributed by atoms with Crippen molar-refractivity contribution in [3.05, 3.63) is 64.1 Å². The van der Waals surface area contributed by atoms with Crippen molar-refractivity contribution in [2.24, 2.45) is 11.0 Å². The molecule has 3 aromatic rings. The minimum atomic E-state index is -0.356. The number of hydrazone groups is 1. The van der Waals surface area contributed by atoms with Crippen molar-refractivity contribution in [3.63, 3.8) is 0 Å². The third kappa shape index (κ3) is 5.84. The fourth-order valence-electron chi connectivity index (χ4n) is 2.40. The Bertz CT molecular complexity index is 1100. The fraction of sp³-hybridized carbons (Fsp3) is 0.190. The lowest BCUT2D eigenvalue weighted by atomic mass is 10.1. The first kappa shape index (κ1) is 21.9. The molecule has 2 aromatic heterocycles. The van der Waals surface area contributed by atoms with Gasteiger partial charge in [-0.25, -0.2) is 19.3 Å². The van der Waals surface area contributed by atoms with Crippen LogP contribution >= 0.6 is 27.7 Å². The standard InChI is InChI=1S/C21H18BrFN6S/c1-13(2)12-30-21-27-19(14-6-8-15(23)9-7-14)17(10-24)20(28-21)29-25-11-16-4-3-5-18(22)26-16/h3-9,11,13H,12H2,1-2H3,(H,27,28,29)/b25-11+. The van der Waals surface area contributed by atoms with Crippen LogP contribution in [0.2, 0.25) is 0 Å². The van der Waals surface area contributed by atoms with Gasteiger partial charge in [-0.2, -0.15) is 10.4 Å². The summed E-state index contributed by atoms with van der Waals surface area (Å²) in [6.45, 7) is 4.21. The van der Waals surface area contributed by atoms with Crippen LogP contribution < -0.4 is 5.43 Å². The van der Waals surface area contributed by atoms with E-state index in [0.29, 0.717) is 32.6 Å². The van der Waals surface area contributed by atoms with E-state index in [1.54, 1.807) is 18.2 Å². The van der Waals surface area contributed by atoms with E-state index in [1.165, 1.54) is 30.1 Å². The molecular weight excluding hydrogens is 467 g/mol. The van der Waals surface area contributed by atoms with Crippen LogP contribution in [0.15, 0.2) is 57.3 Å². The maximum Gasteiger partial charge on any atom is 0.190 e. The van der Waals surface area contributed by atoms with Crippen LogP contribution in [0.25, 0.3) is 11.3 Å². The van der Waals surface area contributed by atoms with Gasteiger partial charge in [-0.3, -0.25) is 5.43 Å². The van der Waals surface area contributed by atoms with E-state index in [9.17, 15) is 9.65 Å². The van der Waals surface area contributed by atoms with E-state index in [0.717, 1.165) is 5.75 Å². The fourth-order valence-corrected chi connectivity index (χ4v) is 3.56. The molecule has 0 aliphatic heterocycles. The zero-order chi connectivity index (χ0) is 21.5. The quantitative estimate of drug-likeness (QED) is 0.156. The Morgan fingerprint density at radius 2 is 1.97 bits per heavy atom. The maximum atomic E-state index is 13.4. The second kappa shape index (κ2) is 10.3. The molecule has 1 N–H and O–H groups in total. The summed E-state index contributed by atoms with van der Waals surface area (Å²) in [6, 6.07) is 13.5. The van der Waals surface area contributed by atoms with Crippen LogP contribution in [0.5, 0.6) is 0 Å². The van der Waals surface area contributed by atoms with Gasteiger partial charge in [0.25, 0.3) is 0 Å². The van der Waals surface area contributed by atoms with Crippen LogP contribution in [-0.4, -0.2) is 26.9 Å². The number of hydrogen-bond acceptors (Lipinski definition) is 7. The lowest BCUT2D eigenvalue weighted by Gasteiger charge is -2.11. The number of nitrogens with one attached hydrogen (secondary N) is 1. The molecule has 0 bridgehead atoms. The van der Waals surface area contributed by atoms with Gasteiger partial charge in [0.05, 0.1) is 17.6 Å². The second-order valence-corrected chi connectivity index (χ2v) is 8.46. The van der Waals surface area contributed by atoms with Gasteiger partial charge < -0.3 is 0 Å². The highest BCUT2D eigenvalue weighted by atomic mass is 79.9. The molecule has 0 radical (unpaired) electrons. The summed E-state index contributed by atoms with van der Waals surface area (Å²) in [7, 11) is 0. The number of anilines is 1. The number of aromatic nitrogens is 3. The molecule has 1 aromatic carbocycles. The summed E-state index contributed by atoms with van der Waals surface area (Å²) in [6.07, 6.45) is 1.53. The largest absolute Gasteiger partial charge is 0.260 e. The van der Waals surface area contributed by atoms with Crippen molar-refractivity contribution in [1.82, 2.24) is 15.0 Å². The minimum Gasteiger partial charge on any atom is -0.260 e. The Hall–Kier alpha value is -2.83. The van der Waals surface area contributed by atoms with Crippen molar-refractivity contribution in [3.8, 4) is 17.3 Å². The van der Waals surface area contributed by atoms with Crippen molar-refractivity contribution in [2.75, 3.05) is 11.2 Å². The summed E-state index contributed by atoms with van der Waals surface area (Å²) >= 11 is 4.80. The zero-order valence-corrected chi connectivity index (χ0v) is 18.7. The van der Waals surface area contributed by atoms with Gasteiger partial charge in [0.2, 0.25) is 0 Å². The molecule has 0 aliphatic carbocycles. The van der Waals surface area contributed by atoms with Crippen LogP contribution in [0, 0.1) is 23.1 Å². The molecule has 0 saturated heterocycles. The molecule has 2 heterocycles. The molecule has 3 rings (SSSR count). The highest BCUT2D eigenvalue weighted by Gasteiger charge is 2.17. The van der Waals surface area contributed by atoms with Crippen molar-refractivity contribution < 1.29 is 4.39 Å². The monoisotopic (exact) mass is 484 g/mol. The van der Waals surface area contributed by atoms with Crippen LogP contribution in [0.4, 0.5) is 10.2 Å². The Kier molecular flexibility index (Phi) is 7.49. The van der Waals surface area contributed by atoms with E-state index in [1.807, 2.05) is 12.1 Å². The minimum absolute atomic E-state index is 0.231. The SMILES string of the molecule is CC(C)CSc1nc(N/N=C/c2cccc(Br)n2)c(C#N)c(-c2ccc(F)cc2)n1. The third-order valence-electron chi connectivity index (χ3n) is 3.77. The highest BCUT2D eigenvalue weighted by molar-refractivity contribution is 9.10. The van der Waals surface area contributed by atoms with Crippen LogP contribution in [-0.2, 0) is 0 Å². The van der Waals surface area contributed by atoms with E-state index >= 15 is 0 Å². The molecule has 0 atom stereocenters. The van der Waals surface area contributed by atoms with Gasteiger partial charge in [-0.1, -0.05) is 31.7 Å². The van der Waals surface area contributed by atoms with Gasteiger partial charge in [-0.05, 0) is 58.2 Å². The molecule has 0 amide bonds. The van der Waals surface area contributed by atoms with Crippen LogP contribution in [0.3, 0.4) is 0 Å². The number of pyridine rings is 1. The molecular formula is C21H18BrFN6S. The van der Waals surface area contributed by atoms with Crippen molar-refractivity contribution in [1.29, 1.82) is 5.26 Å². The number of rotatable bonds is 7. The second-order valence-electron chi connectivity index (χ2n) is 6.66. The zero-order valence-electron chi connectivity index (χ0n) is 16.3. The normalized spacial score (nSPS) is 11.1. The predicted molar refractivity (Wildman–Crippen MR) is 121 cm³/mol. The summed E-state index contributed by atoms with van der Waals surface area (Å²) in [5.74, 6) is 1.19. The van der Waals surface area contributed by atoms with Gasteiger partial charge in [-0.15, -0.1) is 0 Å². The van der Waals surface area contributed by atoms with Gasteiger partial charge in [0.1, 0.15) is 22.1 Å². The van der Waals surface area contributed by atoms with Crippen LogP contribution in [0.1, 0.15) is 25.1 Å². The third-order valence-corrected chi connectivity index (χ3v) is 5.48. The first-order valence-corrected chi connectivity index (χ1v) is 10.9. The molecule has 0 unspecified atom stereocenters. The Labute approximate surface area is 186 Å². The van der Waals surface area contributed by atoms with E-state index < -0.39 is 0 Å². The van der Waals surface area contributed by atoms with Gasteiger partial charge in [0, 0.05) is 11.3 Å². The smallest absolute Gasteiger partial charge is 0.190 e. The molecule has 9 heteroatoms. The predicted octanol–water partition coefficient (Wildman–Crippen LogP) is 5.51. The summed E-state index contributed by atoms with van der Waals surface area (Å²) in [5, 5.41) is 14.4. The average molecular weight is 485 g/mol. The van der Waals surface area contributed by atoms with E-state index in [-0.39, 0.29) is 17.2 Å². The Morgan fingerprint density at radius 1 is 1.20 bits per heavy atom. The number of benzene rings is 1. The molecule has 0 aliphatic rings. The lowest BCUT2D eigenvalue weighted by Crippen LogP contribution is -2.04. The molecule has 0 spiro atoms. The molecule has 0 saturated carbocycles. The van der Waals surface area contributed by atoms with Gasteiger partial charge >= 0.3 is 0 Å². The topological polar surface area (TPSA) is 86.9 Å². The summed E-state index contributed by atoms with van der Waals surface area (Å²) < 4.78 is 14.1. The van der Waals surface area contributed by atoms with Crippen molar-refractivity contribution >= 4 is 39.7 Å². The number of nitrogens with zero attached hydrogens (tertiary/aromatic N) is 5. The molecule has 0 fully saturated rings. The first-order valence-electron chi connectivity index (χ1n) is 9.08. The van der Waals surface area contributed by atoms with E-state index in [2.05, 4.69) is 61.3 Å². The molecule has 152 valence electrons. The highest BCUT2D eigenvalue weighted by Crippen LogP contribution is 2.29. The molecule has 6 nitrogen and oxygen atoms in total. The number of thioether (sulfide) groups is 1. The van der Waals surface area contributed by atoms with Gasteiger partial charge in [0.15, 0.2) is 11.0 Å². The summed E-state index contributed by atoms with van der Waals surface area (Å²) in [4.78, 5) is 13.3. The average Bonchev–Trinajstić information content (AvgIpc) is 2.72. The Morgan fingerprint density at radius 3 is 2.63 bits per heavy atom. The van der Waals surface area contributed by atoms with E-state index in [4.69, 9.17) is 0 Å². The lowest BCUT2D eigenvalue weighted by molar-refractivity contribution is 0.628. The summed E-state index contributed by atoms with van der Waals surface area (Å²) in [5.41, 5.74) is 4.76. The number of nitriles is 1. The van der Waals surface area contributed by atoms with Crippen molar-refractivity contribution in [2.45, 2.75) is 19.0 Å². The molecule has 30 heavy (non-hydrogen) atoms. The first-order chi connectivity index (χ1) is 14.5. The number of hydrogen-bond donors (Lipinski definition) is 1. The number of halogens is 2. The maximum absolute atomic E-state index is 13.4.